The summed E-state index contributed by atoms with van der Waals surface area (Å²) in [5.41, 5.74) is 0. The Morgan fingerprint density at radius 1 is 0.452 bits per heavy atom. The first-order chi connectivity index (χ1) is 19.5. The minimum absolute atomic E-state index is 0.0820. The molecule has 0 saturated heterocycles. The lowest BCUT2D eigenvalue weighted by atomic mass is 10.1. The van der Waals surface area contributed by atoms with E-state index in [1.807, 2.05) is 13.8 Å². The van der Waals surface area contributed by atoms with Gasteiger partial charge < -0.3 is 38.6 Å². The van der Waals surface area contributed by atoms with Crippen LogP contribution in [0.15, 0.2) is 0 Å². The number of esters is 6. The molecule has 0 aliphatic rings. The highest BCUT2D eigenvalue weighted by atomic mass is 16.6. The Kier molecular flexibility index (Phi) is 19.0. The lowest BCUT2D eigenvalue weighted by Gasteiger charge is -2.21. The molecule has 0 fully saturated rings. The van der Waals surface area contributed by atoms with E-state index in [0.717, 1.165) is 0 Å². The number of carbonyl (C=O) groups is 6. The van der Waals surface area contributed by atoms with Crippen LogP contribution >= 0.6 is 0 Å². The van der Waals surface area contributed by atoms with E-state index >= 15 is 0 Å². The van der Waals surface area contributed by atoms with E-state index in [-0.39, 0.29) is 44.4 Å². The predicted octanol–water partition coefficient (Wildman–Crippen LogP) is 1.54. The summed E-state index contributed by atoms with van der Waals surface area (Å²) in [6.07, 6.45) is -6.88. The molecule has 0 aliphatic heterocycles. The minimum atomic E-state index is -1.24. The van der Waals surface area contributed by atoms with Crippen LogP contribution in [-0.2, 0) is 57.2 Å². The largest absolute Gasteiger partial charge is 0.462 e. The van der Waals surface area contributed by atoms with Gasteiger partial charge >= 0.3 is 35.8 Å². The van der Waals surface area contributed by atoms with Crippen LogP contribution in [0.4, 0.5) is 0 Å². The highest BCUT2D eigenvalue weighted by Gasteiger charge is 2.24. The van der Waals surface area contributed by atoms with E-state index in [1.165, 1.54) is 34.6 Å². The Morgan fingerprint density at radius 3 is 1.10 bits per heavy atom. The molecule has 14 heteroatoms. The summed E-state index contributed by atoms with van der Waals surface area (Å²) in [5.74, 6) is -4.19. The molecule has 0 amide bonds. The fraction of sp³-hybridized carbons (Fsp3) is 0.786. The Labute approximate surface area is 246 Å². The zero-order valence-electron chi connectivity index (χ0n) is 25.5. The van der Waals surface area contributed by atoms with Gasteiger partial charge in [-0.25, -0.2) is 0 Å². The summed E-state index contributed by atoms with van der Waals surface area (Å²) < 4.78 is 30.8. The van der Waals surface area contributed by atoms with Crippen molar-refractivity contribution in [2.24, 2.45) is 5.92 Å². The van der Waals surface area contributed by atoms with Gasteiger partial charge in [0.05, 0.1) is 44.3 Å². The third-order valence-electron chi connectivity index (χ3n) is 5.02. The molecule has 14 nitrogen and oxygen atoms in total. The van der Waals surface area contributed by atoms with Crippen LogP contribution in [0, 0.1) is 5.92 Å². The van der Waals surface area contributed by atoms with E-state index in [4.69, 9.17) is 28.4 Å². The van der Waals surface area contributed by atoms with Gasteiger partial charge in [0.1, 0.15) is 31.5 Å². The van der Waals surface area contributed by atoms with E-state index < -0.39 is 85.7 Å². The van der Waals surface area contributed by atoms with Crippen LogP contribution in [0.2, 0.25) is 0 Å². The van der Waals surface area contributed by atoms with E-state index in [9.17, 15) is 39.0 Å². The van der Waals surface area contributed by atoms with Crippen LogP contribution in [-0.4, -0.2) is 95.9 Å². The van der Waals surface area contributed by atoms with Gasteiger partial charge in [-0.3, -0.25) is 28.8 Å². The lowest BCUT2D eigenvalue weighted by molar-refractivity contribution is -0.172. The third-order valence-corrected chi connectivity index (χ3v) is 5.02. The third kappa shape index (κ3) is 21.5. The van der Waals surface area contributed by atoms with Crippen molar-refractivity contribution in [3.05, 3.63) is 0 Å². The van der Waals surface area contributed by atoms with Gasteiger partial charge in [-0.2, -0.15) is 0 Å². The van der Waals surface area contributed by atoms with Crippen LogP contribution in [0.5, 0.6) is 0 Å². The van der Waals surface area contributed by atoms with Gasteiger partial charge in [-0.05, 0) is 40.5 Å². The summed E-state index contributed by atoms with van der Waals surface area (Å²) in [4.78, 5) is 72.2. The second-order valence-corrected chi connectivity index (χ2v) is 10.7. The predicted molar refractivity (Wildman–Crippen MR) is 144 cm³/mol. The first-order valence-corrected chi connectivity index (χ1v) is 13.9. The van der Waals surface area contributed by atoms with Crippen molar-refractivity contribution in [2.75, 3.05) is 13.2 Å². The van der Waals surface area contributed by atoms with Crippen molar-refractivity contribution in [3.8, 4) is 0 Å². The number of rotatable bonds is 20. The lowest BCUT2D eigenvalue weighted by Crippen LogP contribution is -2.33. The number of aliphatic hydroxyl groups excluding tert-OH is 2. The summed E-state index contributed by atoms with van der Waals surface area (Å²) in [7, 11) is 0. The second-order valence-electron chi connectivity index (χ2n) is 10.7. The average Bonchev–Trinajstić information content (AvgIpc) is 2.78. The Balaban J connectivity index is 5.06. The normalized spacial score (nSPS) is 15.3. The molecule has 0 spiro atoms. The van der Waals surface area contributed by atoms with Gasteiger partial charge in [0.2, 0.25) is 0 Å². The molecule has 0 aliphatic carbocycles. The highest BCUT2D eigenvalue weighted by molar-refractivity contribution is 5.74. The van der Waals surface area contributed by atoms with Crippen molar-refractivity contribution in [3.63, 3.8) is 0 Å². The van der Waals surface area contributed by atoms with E-state index in [2.05, 4.69) is 0 Å². The molecule has 42 heavy (non-hydrogen) atoms. The maximum absolute atomic E-state index is 12.5. The smallest absolute Gasteiger partial charge is 0.310 e. The molecule has 0 aromatic rings. The SMILES string of the molecule is CC(C)CC(=O)OC(C)CC(=O)OCC(COC(=O)CC(C)OC(=O)CC(C)O)OC(=O)CC(C)OC(=O)CC(C)O. The Morgan fingerprint density at radius 2 is 0.762 bits per heavy atom. The zero-order valence-corrected chi connectivity index (χ0v) is 25.5. The number of hydrogen-bond donors (Lipinski definition) is 2. The highest BCUT2D eigenvalue weighted by Crippen LogP contribution is 2.10. The number of carbonyl (C=O) groups excluding carboxylic acids is 6. The minimum Gasteiger partial charge on any atom is -0.462 e. The van der Waals surface area contributed by atoms with Crippen LogP contribution in [0.3, 0.4) is 0 Å². The number of aliphatic hydroxyl groups is 2. The molecule has 0 aromatic heterocycles. The van der Waals surface area contributed by atoms with E-state index in [0.29, 0.717) is 0 Å². The fourth-order valence-electron chi connectivity index (χ4n) is 3.30. The van der Waals surface area contributed by atoms with Crippen LogP contribution < -0.4 is 0 Å². The summed E-state index contributed by atoms with van der Waals surface area (Å²) >= 11 is 0. The van der Waals surface area contributed by atoms with Crippen LogP contribution in [0.1, 0.15) is 87.0 Å². The van der Waals surface area contributed by atoms with Crippen molar-refractivity contribution < 1.29 is 67.4 Å². The molecule has 2 N–H and O–H groups in total. The summed E-state index contributed by atoms with van der Waals surface area (Å²) in [5, 5.41) is 18.5. The fourth-order valence-corrected chi connectivity index (χ4v) is 3.30. The quantitative estimate of drug-likeness (QED) is 0.149. The maximum atomic E-state index is 12.5. The van der Waals surface area contributed by atoms with Gasteiger partial charge in [-0.1, -0.05) is 13.8 Å². The van der Waals surface area contributed by atoms with Gasteiger partial charge in [0.25, 0.3) is 0 Å². The molecular formula is C28H46O14. The van der Waals surface area contributed by atoms with Crippen molar-refractivity contribution in [1.82, 2.24) is 0 Å². The molecule has 0 bridgehead atoms. The monoisotopic (exact) mass is 606 g/mol. The first-order valence-electron chi connectivity index (χ1n) is 13.9. The van der Waals surface area contributed by atoms with Gasteiger partial charge in [0, 0.05) is 6.42 Å². The standard InChI is InChI=1S/C28H46O14/c1-16(2)8-25(33)39-19(5)11-23(31)37-14-22(42-28(36)13-21(7)41-27(35)10-18(4)30)15-38-24(32)12-20(6)40-26(34)9-17(3)29/h16-22,29-30H,8-15H2,1-7H3. The molecule has 0 aromatic carbocycles. The maximum Gasteiger partial charge on any atom is 0.310 e. The molecule has 0 saturated carbocycles. The molecule has 0 rings (SSSR count). The number of ether oxygens (including phenoxy) is 6. The summed E-state index contributed by atoms with van der Waals surface area (Å²) in [6, 6.07) is 0. The van der Waals surface area contributed by atoms with Crippen molar-refractivity contribution >= 4 is 35.8 Å². The summed E-state index contributed by atoms with van der Waals surface area (Å²) in [6.45, 7) is 9.92. The Hall–Kier alpha value is -3.26. The molecule has 6 unspecified atom stereocenters. The van der Waals surface area contributed by atoms with Crippen molar-refractivity contribution in [1.29, 1.82) is 0 Å². The molecule has 0 heterocycles. The van der Waals surface area contributed by atoms with Crippen LogP contribution in [0.25, 0.3) is 0 Å². The second kappa shape index (κ2) is 20.6. The topological polar surface area (TPSA) is 198 Å². The molecule has 6 atom stereocenters. The van der Waals surface area contributed by atoms with Crippen molar-refractivity contribution in [2.45, 2.75) is 124 Å². The zero-order chi connectivity index (χ0) is 32.4. The Bertz CT molecular complexity index is 834. The molecular weight excluding hydrogens is 560 g/mol. The average molecular weight is 607 g/mol. The molecule has 242 valence electrons. The molecule has 0 radical (unpaired) electrons. The number of hydrogen-bond acceptors (Lipinski definition) is 14. The first kappa shape index (κ1) is 38.7. The van der Waals surface area contributed by atoms with E-state index in [1.54, 1.807) is 0 Å². The van der Waals surface area contributed by atoms with Gasteiger partial charge in [-0.15, -0.1) is 0 Å². The van der Waals surface area contributed by atoms with Gasteiger partial charge in [0.15, 0.2) is 6.10 Å².